The predicted octanol–water partition coefficient (Wildman–Crippen LogP) is 0.617. The number of hydrogen-bond donors (Lipinski definition) is 3. The van der Waals surface area contributed by atoms with Crippen LogP contribution in [0.25, 0.3) is 0 Å². The molecule has 2 aromatic rings. The topological polar surface area (TPSA) is 131 Å². The molecule has 0 saturated carbocycles. The van der Waals surface area contributed by atoms with Gasteiger partial charge in [-0.15, -0.1) is 6.58 Å². The summed E-state index contributed by atoms with van der Waals surface area (Å²) in [7, 11) is -3.72. The molecule has 0 aliphatic rings. The molecule has 2 amide bonds. The minimum atomic E-state index is -3.72. The van der Waals surface area contributed by atoms with Crippen molar-refractivity contribution >= 4 is 21.8 Å². The molecule has 1 aromatic heterocycles. The van der Waals surface area contributed by atoms with Crippen molar-refractivity contribution < 1.29 is 18.0 Å². The maximum Gasteiger partial charge on any atom is 0.253 e. The highest BCUT2D eigenvalue weighted by Gasteiger charge is 2.11. The minimum absolute atomic E-state index is 0.0351. The van der Waals surface area contributed by atoms with Crippen molar-refractivity contribution in [2.45, 2.75) is 11.3 Å². The highest BCUT2D eigenvalue weighted by molar-refractivity contribution is 7.89. The van der Waals surface area contributed by atoms with Crippen molar-refractivity contribution in [1.82, 2.24) is 15.6 Å². The van der Waals surface area contributed by atoms with E-state index in [1.807, 2.05) is 0 Å². The quantitative estimate of drug-likeness (QED) is 0.571. The average molecular weight is 388 g/mol. The van der Waals surface area contributed by atoms with E-state index in [0.717, 1.165) is 5.56 Å². The maximum absolute atomic E-state index is 12.2. The maximum atomic E-state index is 12.2. The molecular weight excluding hydrogens is 368 g/mol. The zero-order chi connectivity index (χ0) is 19.9. The zero-order valence-corrected chi connectivity index (χ0v) is 15.3. The van der Waals surface area contributed by atoms with Crippen LogP contribution in [0.4, 0.5) is 0 Å². The first-order valence-corrected chi connectivity index (χ1v) is 9.60. The van der Waals surface area contributed by atoms with Gasteiger partial charge in [-0.2, -0.15) is 0 Å². The Kier molecular flexibility index (Phi) is 6.80. The summed E-state index contributed by atoms with van der Waals surface area (Å²) in [4.78, 5) is 28.1. The summed E-state index contributed by atoms with van der Waals surface area (Å²) in [5.74, 6) is -0.700. The van der Waals surface area contributed by atoms with Crippen molar-refractivity contribution in [3.05, 3.63) is 72.1 Å². The highest BCUT2D eigenvalue weighted by atomic mass is 32.2. The Morgan fingerprint density at radius 2 is 1.67 bits per heavy atom. The molecule has 1 aromatic carbocycles. The number of hydrogen-bond acceptors (Lipinski definition) is 5. The first-order valence-electron chi connectivity index (χ1n) is 8.05. The number of sulfonamides is 1. The second kappa shape index (κ2) is 9.06. The SMILES string of the molecule is C=CCNC(=O)c1cncc(C(=O)NCCc2ccc(S(N)(=O)=O)cc2)c1. The zero-order valence-electron chi connectivity index (χ0n) is 14.5. The second-order valence-corrected chi connectivity index (χ2v) is 7.22. The van der Waals surface area contributed by atoms with Crippen molar-refractivity contribution in [3.8, 4) is 0 Å². The molecule has 0 unspecified atom stereocenters. The van der Waals surface area contributed by atoms with Gasteiger partial charge < -0.3 is 10.6 Å². The molecule has 1 heterocycles. The summed E-state index contributed by atoms with van der Waals surface area (Å²) in [6.45, 7) is 4.17. The summed E-state index contributed by atoms with van der Waals surface area (Å²) < 4.78 is 22.4. The van der Waals surface area contributed by atoms with E-state index in [2.05, 4.69) is 22.2 Å². The monoisotopic (exact) mass is 388 g/mol. The van der Waals surface area contributed by atoms with Crippen LogP contribution in [0.5, 0.6) is 0 Å². The average Bonchev–Trinajstić information content (AvgIpc) is 2.65. The van der Waals surface area contributed by atoms with Gasteiger partial charge >= 0.3 is 0 Å². The predicted molar refractivity (Wildman–Crippen MR) is 101 cm³/mol. The molecule has 2 rings (SSSR count). The van der Waals surface area contributed by atoms with Crippen LogP contribution in [-0.2, 0) is 16.4 Å². The Labute approximate surface area is 157 Å². The molecule has 0 radical (unpaired) electrons. The van der Waals surface area contributed by atoms with Crippen molar-refractivity contribution in [1.29, 1.82) is 0 Å². The van der Waals surface area contributed by atoms with E-state index in [-0.39, 0.29) is 27.8 Å². The van der Waals surface area contributed by atoms with E-state index < -0.39 is 10.0 Å². The highest BCUT2D eigenvalue weighted by Crippen LogP contribution is 2.09. The summed E-state index contributed by atoms with van der Waals surface area (Å²) in [5.41, 5.74) is 1.40. The van der Waals surface area contributed by atoms with Crippen LogP contribution in [0.2, 0.25) is 0 Å². The Bertz CT molecular complexity index is 940. The number of nitrogens with two attached hydrogens (primary N) is 1. The van der Waals surface area contributed by atoms with Gasteiger partial charge in [0, 0.05) is 25.5 Å². The lowest BCUT2D eigenvalue weighted by atomic mass is 10.1. The van der Waals surface area contributed by atoms with Gasteiger partial charge in [0.15, 0.2) is 0 Å². The van der Waals surface area contributed by atoms with Gasteiger partial charge in [-0.3, -0.25) is 14.6 Å². The molecule has 9 heteroatoms. The molecule has 0 fully saturated rings. The molecule has 0 atom stereocenters. The van der Waals surface area contributed by atoms with E-state index >= 15 is 0 Å². The van der Waals surface area contributed by atoms with Gasteiger partial charge in [-0.25, -0.2) is 13.6 Å². The Hall–Kier alpha value is -3.04. The summed E-state index contributed by atoms with van der Waals surface area (Å²) in [6, 6.07) is 7.57. The van der Waals surface area contributed by atoms with Gasteiger partial charge in [-0.1, -0.05) is 18.2 Å². The summed E-state index contributed by atoms with van der Waals surface area (Å²) in [6.07, 6.45) is 4.81. The van der Waals surface area contributed by atoms with Crippen molar-refractivity contribution in [3.63, 3.8) is 0 Å². The molecule has 0 spiro atoms. The summed E-state index contributed by atoms with van der Waals surface area (Å²) in [5, 5.41) is 10.4. The lowest BCUT2D eigenvalue weighted by molar-refractivity contribution is 0.0953. The van der Waals surface area contributed by atoms with E-state index in [0.29, 0.717) is 19.5 Å². The largest absolute Gasteiger partial charge is 0.352 e. The molecule has 4 N–H and O–H groups in total. The minimum Gasteiger partial charge on any atom is -0.352 e. The first kappa shape index (κ1) is 20.3. The third kappa shape index (κ3) is 6.01. The second-order valence-electron chi connectivity index (χ2n) is 5.66. The smallest absolute Gasteiger partial charge is 0.253 e. The molecule has 27 heavy (non-hydrogen) atoms. The van der Waals surface area contributed by atoms with Crippen molar-refractivity contribution in [2.24, 2.45) is 5.14 Å². The number of amides is 2. The van der Waals surface area contributed by atoms with E-state index in [1.54, 1.807) is 18.2 Å². The number of carbonyl (C=O) groups is 2. The number of rotatable bonds is 8. The van der Waals surface area contributed by atoms with Gasteiger partial charge in [0.25, 0.3) is 11.8 Å². The normalized spacial score (nSPS) is 10.9. The molecule has 0 saturated heterocycles. The van der Waals surface area contributed by atoms with Crippen LogP contribution in [0.3, 0.4) is 0 Å². The van der Waals surface area contributed by atoms with Crippen LogP contribution in [0, 0.1) is 0 Å². The fraction of sp³-hybridized carbons (Fsp3) is 0.167. The Morgan fingerprint density at radius 3 is 2.22 bits per heavy atom. The van der Waals surface area contributed by atoms with Gasteiger partial charge in [0.2, 0.25) is 10.0 Å². The molecule has 0 bridgehead atoms. The van der Waals surface area contributed by atoms with Crippen molar-refractivity contribution in [2.75, 3.05) is 13.1 Å². The molecule has 0 aliphatic carbocycles. The number of pyridine rings is 1. The number of carbonyl (C=O) groups excluding carboxylic acids is 2. The third-order valence-electron chi connectivity index (χ3n) is 3.62. The fourth-order valence-corrected chi connectivity index (χ4v) is 2.74. The van der Waals surface area contributed by atoms with Crippen LogP contribution in [0.15, 0.2) is 60.3 Å². The van der Waals surface area contributed by atoms with Crippen LogP contribution >= 0.6 is 0 Å². The molecule has 8 nitrogen and oxygen atoms in total. The number of aromatic nitrogens is 1. The first-order chi connectivity index (χ1) is 12.8. The molecular formula is C18H20N4O4S. The van der Waals surface area contributed by atoms with E-state index in [9.17, 15) is 18.0 Å². The number of primary sulfonamides is 1. The van der Waals surface area contributed by atoms with Crippen LogP contribution in [0.1, 0.15) is 26.3 Å². The Balaban J connectivity index is 1.92. The van der Waals surface area contributed by atoms with Gasteiger partial charge in [0.05, 0.1) is 16.0 Å². The number of nitrogens with zero attached hydrogens (tertiary/aromatic N) is 1. The standard InChI is InChI=1S/C18H20N4O4S/c1-2-8-21-17(23)14-10-15(12-20-11-14)18(24)22-9-7-13-3-5-16(6-4-13)27(19,25)26/h2-6,10-12H,1,7-9H2,(H,21,23)(H,22,24)(H2,19,25,26). The fourth-order valence-electron chi connectivity index (χ4n) is 2.22. The van der Waals surface area contributed by atoms with Crippen LogP contribution in [-0.4, -0.2) is 38.3 Å². The van der Waals surface area contributed by atoms with Gasteiger partial charge in [-0.05, 0) is 30.2 Å². The summed E-state index contributed by atoms with van der Waals surface area (Å²) >= 11 is 0. The third-order valence-corrected chi connectivity index (χ3v) is 4.55. The number of nitrogens with one attached hydrogen (secondary N) is 2. The molecule has 142 valence electrons. The van der Waals surface area contributed by atoms with Gasteiger partial charge in [0.1, 0.15) is 0 Å². The van der Waals surface area contributed by atoms with E-state index in [4.69, 9.17) is 5.14 Å². The van der Waals surface area contributed by atoms with E-state index in [1.165, 1.54) is 30.6 Å². The number of benzene rings is 1. The molecule has 0 aliphatic heterocycles. The Morgan fingerprint density at radius 1 is 1.07 bits per heavy atom. The van der Waals surface area contributed by atoms with Crippen LogP contribution < -0.4 is 15.8 Å². The lowest BCUT2D eigenvalue weighted by Gasteiger charge is -2.07. The lowest BCUT2D eigenvalue weighted by Crippen LogP contribution is -2.27.